The zero-order chi connectivity index (χ0) is 22.5. The molecule has 1 fully saturated rings. The summed E-state index contributed by atoms with van der Waals surface area (Å²) in [7, 11) is 0. The van der Waals surface area contributed by atoms with Gasteiger partial charge in [0, 0.05) is 30.9 Å². The highest BCUT2D eigenvalue weighted by Gasteiger charge is 2.18. The van der Waals surface area contributed by atoms with Crippen LogP contribution in [0.4, 0.5) is 21.9 Å². The number of phenolic OH excluding ortho intramolecular Hbond substituents is 1. The fourth-order valence-corrected chi connectivity index (χ4v) is 3.55. The van der Waals surface area contributed by atoms with Gasteiger partial charge in [0.25, 0.3) is 0 Å². The molecule has 166 valence electrons. The topological polar surface area (TPSA) is 124 Å². The van der Waals surface area contributed by atoms with E-state index in [2.05, 4.69) is 26.7 Å². The zero-order valence-corrected chi connectivity index (χ0v) is 17.7. The Labute approximate surface area is 185 Å². The summed E-state index contributed by atoms with van der Waals surface area (Å²) in [6, 6.07) is 8.66. The third-order valence-electron chi connectivity index (χ3n) is 5.30. The number of benzene rings is 1. The molecule has 1 amide bonds. The Morgan fingerprint density at radius 3 is 2.78 bits per heavy atom. The standard InChI is InChI=1S/C22H24N6O4/c1-15-19(26-22(30)32-11-8-27-6-9-31-10-7-27)14-28-21(15)20(16(12-23)13-24-28)25-17-2-4-18(29)5-3-17/h2-5,13-14,25,29H,6-11H2,1H3,(H,26,30). The lowest BCUT2D eigenvalue weighted by Crippen LogP contribution is -2.38. The molecule has 0 unspecified atom stereocenters. The van der Waals surface area contributed by atoms with Crippen molar-refractivity contribution in [1.29, 1.82) is 5.26 Å². The third-order valence-corrected chi connectivity index (χ3v) is 5.30. The number of ether oxygens (including phenoxy) is 2. The van der Waals surface area contributed by atoms with Gasteiger partial charge in [-0.2, -0.15) is 10.4 Å². The van der Waals surface area contributed by atoms with E-state index in [4.69, 9.17) is 9.47 Å². The van der Waals surface area contributed by atoms with Crippen molar-refractivity contribution in [3.8, 4) is 11.8 Å². The molecule has 0 spiro atoms. The first-order valence-corrected chi connectivity index (χ1v) is 10.3. The van der Waals surface area contributed by atoms with Crippen molar-refractivity contribution in [3.63, 3.8) is 0 Å². The van der Waals surface area contributed by atoms with Crippen molar-refractivity contribution >= 4 is 28.7 Å². The maximum Gasteiger partial charge on any atom is 0.411 e. The second-order valence-corrected chi connectivity index (χ2v) is 7.39. The number of anilines is 3. The van der Waals surface area contributed by atoms with Gasteiger partial charge in [0.15, 0.2) is 0 Å². The van der Waals surface area contributed by atoms with Crippen molar-refractivity contribution in [2.75, 3.05) is 50.1 Å². The van der Waals surface area contributed by atoms with Crippen LogP contribution >= 0.6 is 0 Å². The normalized spacial score (nSPS) is 14.1. The molecular formula is C22H24N6O4. The number of fused-ring (bicyclic) bond motifs is 1. The quantitative estimate of drug-likeness (QED) is 0.504. The van der Waals surface area contributed by atoms with E-state index in [9.17, 15) is 15.2 Å². The number of carbonyl (C=O) groups is 1. The molecule has 0 saturated carbocycles. The summed E-state index contributed by atoms with van der Waals surface area (Å²) >= 11 is 0. The lowest BCUT2D eigenvalue weighted by molar-refractivity contribution is 0.0290. The smallest absolute Gasteiger partial charge is 0.411 e. The van der Waals surface area contributed by atoms with E-state index in [1.807, 2.05) is 6.92 Å². The van der Waals surface area contributed by atoms with E-state index in [0.29, 0.717) is 47.9 Å². The van der Waals surface area contributed by atoms with E-state index in [0.717, 1.165) is 18.7 Å². The first-order chi connectivity index (χ1) is 15.5. The number of hydrogen-bond donors (Lipinski definition) is 3. The number of carbonyl (C=O) groups excluding carboxylic acids is 1. The average Bonchev–Trinajstić information content (AvgIpc) is 3.11. The van der Waals surface area contributed by atoms with Crippen LogP contribution < -0.4 is 10.6 Å². The summed E-state index contributed by atoms with van der Waals surface area (Å²) < 4.78 is 12.2. The van der Waals surface area contributed by atoms with Gasteiger partial charge in [0.05, 0.1) is 48.1 Å². The van der Waals surface area contributed by atoms with Crippen LogP contribution in [0.15, 0.2) is 36.7 Å². The highest BCUT2D eigenvalue weighted by atomic mass is 16.5. The molecule has 1 aliphatic rings. The number of nitrogens with zero attached hydrogens (tertiary/aromatic N) is 4. The highest BCUT2D eigenvalue weighted by Crippen LogP contribution is 2.32. The van der Waals surface area contributed by atoms with Crippen LogP contribution in [0.5, 0.6) is 5.75 Å². The molecule has 1 saturated heterocycles. The number of morpholine rings is 1. The largest absolute Gasteiger partial charge is 0.508 e. The number of amides is 1. The molecule has 3 heterocycles. The Morgan fingerprint density at radius 2 is 2.06 bits per heavy atom. The number of aromatic hydroxyl groups is 1. The first-order valence-electron chi connectivity index (χ1n) is 10.3. The van der Waals surface area contributed by atoms with Gasteiger partial charge in [-0.05, 0) is 31.2 Å². The van der Waals surface area contributed by atoms with Gasteiger partial charge in [-0.3, -0.25) is 10.2 Å². The van der Waals surface area contributed by atoms with Crippen molar-refractivity contribution in [3.05, 3.63) is 47.8 Å². The van der Waals surface area contributed by atoms with Crippen molar-refractivity contribution in [1.82, 2.24) is 14.5 Å². The van der Waals surface area contributed by atoms with Crippen LogP contribution in [0.1, 0.15) is 11.1 Å². The number of nitriles is 1. The van der Waals surface area contributed by atoms with Crippen LogP contribution in [-0.2, 0) is 9.47 Å². The molecule has 0 aliphatic carbocycles. The lowest BCUT2D eigenvalue weighted by Gasteiger charge is -2.26. The minimum Gasteiger partial charge on any atom is -0.508 e. The SMILES string of the molecule is Cc1c(NC(=O)OCCN2CCOCC2)cn2ncc(C#N)c(Nc3ccc(O)cc3)c12. The van der Waals surface area contributed by atoms with Crippen molar-refractivity contribution in [2.24, 2.45) is 0 Å². The van der Waals surface area contributed by atoms with Gasteiger partial charge in [0.2, 0.25) is 0 Å². The van der Waals surface area contributed by atoms with Gasteiger partial charge in [0.1, 0.15) is 18.4 Å². The zero-order valence-electron chi connectivity index (χ0n) is 17.7. The summed E-state index contributed by atoms with van der Waals surface area (Å²) in [4.78, 5) is 14.5. The van der Waals surface area contributed by atoms with Gasteiger partial charge in [-0.15, -0.1) is 0 Å². The van der Waals surface area contributed by atoms with Crippen LogP contribution in [0, 0.1) is 18.3 Å². The van der Waals surface area contributed by atoms with E-state index >= 15 is 0 Å². The lowest BCUT2D eigenvalue weighted by atomic mass is 10.1. The Kier molecular flexibility index (Phi) is 6.39. The fraction of sp³-hybridized carbons (Fsp3) is 0.318. The van der Waals surface area contributed by atoms with Gasteiger partial charge in [-0.1, -0.05) is 0 Å². The number of hydrogen-bond acceptors (Lipinski definition) is 8. The minimum atomic E-state index is -0.550. The van der Waals surface area contributed by atoms with E-state index in [1.54, 1.807) is 35.0 Å². The van der Waals surface area contributed by atoms with E-state index in [1.165, 1.54) is 6.20 Å². The molecule has 3 N–H and O–H groups in total. The van der Waals surface area contributed by atoms with Crippen molar-refractivity contribution < 1.29 is 19.4 Å². The molecule has 10 heteroatoms. The molecule has 32 heavy (non-hydrogen) atoms. The first kappa shape index (κ1) is 21.4. The summed E-state index contributed by atoms with van der Waals surface area (Å²) in [6.45, 7) is 5.83. The number of nitrogens with one attached hydrogen (secondary N) is 2. The molecule has 0 bridgehead atoms. The average molecular weight is 436 g/mol. The fourth-order valence-electron chi connectivity index (χ4n) is 3.55. The predicted molar refractivity (Wildman–Crippen MR) is 118 cm³/mol. The van der Waals surface area contributed by atoms with Crippen LogP contribution in [0.3, 0.4) is 0 Å². The second kappa shape index (κ2) is 9.55. The number of phenols is 1. The Morgan fingerprint density at radius 1 is 1.31 bits per heavy atom. The van der Waals surface area contributed by atoms with Crippen LogP contribution in [0.25, 0.3) is 5.52 Å². The van der Waals surface area contributed by atoms with Crippen LogP contribution in [-0.4, -0.2) is 65.2 Å². The molecule has 0 radical (unpaired) electrons. The number of aryl methyl sites for hydroxylation is 1. The molecule has 4 rings (SSSR count). The monoisotopic (exact) mass is 436 g/mol. The maximum atomic E-state index is 12.3. The minimum absolute atomic E-state index is 0.147. The highest BCUT2D eigenvalue weighted by molar-refractivity contribution is 5.92. The Hall–Kier alpha value is -3.81. The summed E-state index contributed by atoms with van der Waals surface area (Å²) in [5.74, 6) is 0.147. The van der Waals surface area contributed by atoms with Gasteiger partial charge < -0.3 is 19.9 Å². The Balaban J connectivity index is 1.50. The maximum absolute atomic E-state index is 12.3. The molecular weight excluding hydrogens is 412 g/mol. The Bertz CT molecular complexity index is 1150. The summed E-state index contributed by atoms with van der Waals surface area (Å²) in [6.07, 6.45) is 2.59. The summed E-state index contributed by atoms with van der Waals surface area (Å²) in [5.41, 5.74) is 3.54. The van der Waals surface area contributed by atoms with E-state index < -0.39 is 6.09 Å². The third kappa shape index (κ3) is 4.74. The van der Waals surface area contributed by atoms with Gasteiger partial charge >= 0.3 is 6.09 Å². The van der Waals surface area contributed by atoms with Crippen molar-refractivity contribution in [2.45, 2.75) is 6.92 Å². The molecule has 10 nitrogen and oxygen atoms in total. The molecule has 2 aromatic heterocycles. The molecule has 1 aliphatic heterocycles. The number of aromatic nitrogens is 2. The molecule has 3 aromatic rings. The molecule has 1 aromatic carbocycles. The summed E-state index contributed by atoms with van der Waals surface area (Å²) in [5, 5.41) is 29.3. The second-order valence-electron chi connectivity index (χ2n) is 7.39. The molecule has 0 atom stereocenters. The van der Waals surface area contributed by atoms with E-state index in [-0.39, 0.29) is 12.4 Å². The predicted octanol–water partition coefficient (Wildman–Crippen LogP) is 2.84. The van der Waals surface area contributed by atoms with Crippen LogP contribution in [0.2, 0.25) is 0 Å². The van der Waals surface area contributed by atoms with Gasteiger partial charge in [-0.25, -0.2) is 9.31 Å². The number of rotatable bonds is 6.